The lowest BCUT2D eigenvalue weighted by atomic mass is 10.1. The summed E-state index contributed by atoms with van der Waals surface area (Å²) >= 11 is 0. The molecule has 1 N–H and O–H groups in total. The van der Waals surface area contributed by atoms with Crippen molar-refractivity contribution in [1.29, 1.82) is 0 Å². The van der Waals surface area contributed by atoms with Crippen molar-refractivity contribution < 1.29 is 19.4 Å². The first kappa shape index (κ1) is 13.0. The molecule has 0 bridgehead atoms. The molecule has 1 heterocycles. The van der Waals surface area contributed by atoms with E-state index in [1.807, 2.05) is 0 Å². The van der Waals surface area contributed by atoms with E-state index in [1.54, 1.807) is 4.90 Å². The largest absolute Gasteiger partial charge is 0.479 e. The number of ether oxygens (including phenoxy) is 1. The monoisotopic (exact) mass is 229 g/mol. The minimum atomic E-state index is -0.999. The van der Waals surface area contributed by atoms with E-state index < -0.39 is 12.1 Å². The number of morpholine rings is 1. The Labute approximate surface area is 95.4 Å². The van der Waals surface area contributed by atoms with Gasteiger partial charge in [-0.15, -0.1) is 0 Å². The molecule has 1 unspecified atom stereocenters. The highest BCUT2D eigenvalue weighted by atomic mass is 16.5. The number of carbonyl (C=O) groups excluding carboxylic acids is 1. The van der Waals surface area contributed by atoms with Crippen LogP contribution >= 0.6 is 0 Å². The molecule has 16 heavy (non-hydrogen) atoms. The van der Waals surface area contributed by atoms with Crippen LogP contribution in [-0.2, 0) is 14.3 Å². The van der Waals surface area contributed by atoms with Gasteiger partial charge in [-0.25, -0.2) is 4.79 Å². The van der Waals surface area contributed by atoms with Gasteiger partial charge in [-0.1, -0.05) is 13.8 Å². The number of aliphatic carboxylic acids is 1. The van der Waals surface area contributed by atoms with Gasteiger partial charge in [0.1, 0.15) is 0 Å². The summed E-state index contributed by atoms with van der Waals surface area (Å²) in [5, 5.41) is 8.79. The molecule has 0 aromatic heterocycles. The van der Waals surface area contributed by atoms with Gasteiger partial charge in [0.2, 0.25) is 5.91 Å². The Morgan fingerprint density at radius 1 is 1.50 bits per heavy atom. The van der Waals surface area contributed by atoms with Gasteiger partial charge >= 0.3 is 5.97 Å². The Bertz CT molecular complexity index is 265. The fourth-order valence-corrected chi connectivity index (χ4v) is 1.60. The molecule has 0 aromatic carbocycles. The van der Waals surface area contributed by atoms with Crippen LogP contribution in [0.5, 0.6) is 0 Å². The number of nitrogens with zero attached hydrogens (tertiary/aromatic N) is 1. The standard InChI is InChI=1S/C11H19NO4/c1-8(2)3-4-10(13)12-5-6-16-9(7-12)11(14)15/h8-9H,3-7H2,1-2H3,(H,14,15). The second-order valence-corrected chi connectivity index (χ2v) is 4.47. The maximum Gasteiger partial charge on any atom is 0.334 e. The summed E-state index contributed by atoms with van der Waals surface area (Å²) in [6.45, 7) is 5.11. The predicted molar refractivity (Wildman–Crippen MR) is 58.0 cm³/mol. The Balaban J connectivity index is 2.41. The Kier molecular flexibility index (Phi) is 4.73. The number of carbonyl (C=O) groups is 2. The lowest BCUT2D eigenvalue weighted by Crippen LogP contribution is -2.48. The number of hydrogen-bond acceptors (Lipinski definition) is 3. The quantitative estimate of drug-likeness (QED) is 0.772. The van der Waals surface area contributed by atoms with E-state index >= 15 is 0 Å². The first-order valence-electron chi connectivity index (χ1n) is 5.63. The minimum Gasteiger partial charge on any atom is -0.479 e. The van der Waals surface area contributed by atoms with Crippen LogP contribution in [0.3, 0.4) is 0 Å². The Morgan fingerprint density at radius 2 is 2.19 bits per heavy atom. The highest BCUT2D eigenvalue weighted by Gasteiger charge is 2.28. The minimum absolute atomic E-state index is 0.0308. The fraction of sp³-hybridized carbons (Fsp3) is 0.818. The lowest BCUT2D eigenvalue weighted by Gasteiger charge is -2.31. The van der Waals surface area contributed by atoms with Crippen LogP contribution in [0.4, 0.5) is 0 Å². The molecule has 92 valence electrons. The zero-order chi connectivity index (χ0) is 12.1. The summed E-state index contributed by atoms with van der Waals surface area (Å²) in [5.41, 5.74) is 0. The fourth-order valence-electron chi connectivity index (χ4n) is 1.60. The summed E-state index contributed by atoms with van der Waals surface area (Å²) in [6, 6.07) is 0. The first-order chi connectivity index (χ1) is 7.50. The predicted octanol–water partition coefficient (Wildman–Crippen LogP) is 0.735. The van der Waals surface area contributed by atoms with Crippen molar-refractivity contribution >= 4 is 11.9 Å². The van der Waals surface area contributed by atoms with Crippen molar-refractivity contribution in [1.82, 2.24) is 4.90 Å². The highest BCUT2D eigenvalue weighted by molar-refractivity contribution is 5.78. The average Bonchev–Trinajstić information content (AvgIpc) is 2.26. The topological polar surface area (TPSA) is 66.8 Å². The third kappa shape index (κ3) is 3.81. The SMILES string of the molecule is CC(C)CCC(=O)N1CCOC(C(=O)O)C1. The second kappa shape index (κ2) is 5.84. The molecule has 1 atom stereocenters. The van der Waals surface area contributed by atoms with E-state index in [-0.39, 0.29) is 12.5 Å². The lowest BCUT2D eigenvalue weighted by molar-refractivity contribution is -0.159. The van der Waals surface area contributed by atoms with Gasteiger partial charge in [0.05, 0.1) is 13.2 Å². The molecule has 0 aromatic rings. The van der Waals surface area contributed by atoms with Crippen molar-refractivity contribution in [3.8, 4) is 0 Å². The van der Waals surface area contributed by atoms with Gasteiger partial charge in [0, 0.05) is 13.0 Å². The van der Waals surface area contributed by atoms with Crippen molar-refractivity contribution in [3.05, 3.63) is 0 Å². The van der Waals surface area contributed by atoms with Crippen LogP contribution in [-0.4, -0.2) is 47.7 Å². The van der Waals surface area contributed by atoms with Crippen molar-refractivity contribution in [2.24, 2.45) is 5.92 Å². The van der Waals surface area contributed by atoms with Gasteiger partial charge in [0.25, 0.3) is 0 Å². The van der Waals surface area contributed by atoms with E-state index in [1.165, 1.54) is 0 Å². The van der Waals surface area contributed by atoms with E-state index in [2.05, 4.69) is 13.8 Å². The number of amides is 1. The first-order valence-corrected chi connectivity index (χ1v) is 5.63. The normalized spacial score (nSPS) is 21.2. The van der Waals surface area contributed by atoms with Gasteiger partial charge in [-0.05, 0) is 12.3 Å². The number of rotatable bonds is 4. The third-order valence-corrected chi connectivity index (χ3v) is 2.63. The zero-order valence-corrected chi connectivity index (χ0v) is 9.81. The summed E-state index contributed by atoms with van der Waals surface area (Å²) in [4.78, 5) is 24.1. The van der Waals surface area contributed by atoms with Gasteiger partial charge in [-0.2, -0.15) is 0 Å². The Hall–Kier alpha value is -1.10. The summed E-state index contributed by atoms with van der Waals surface area (Å²) in [5.74, 6) is -0.482. The van der Waals surface area contributed by atoms with E-state index in [0.717, 1.165) is 6.42 Å². The zero-order valence-electron chi connectivity index (χ0n) is 9.81. The van der Waals surface area contributed by atoms with Crippen molar-refractivity contribution in [2.45, 2.75) is 32.8 Å². The van der Waals surface area contributed by atoms with E-state index in [9.17, 15) is 9.59 Å². The molecule has 1 saturated heterocycles. The molecule has 1 aliphatic rings. The number of carboxylic acids is 1. The molecule has 0 saturated carbocycles. The third-order valence-electron chi connectivity index (χ3n) is 2.63. The maximum atomic E-state index is 11.7. The highest BCUT2D eigenvalue weighted by Crippen LogP contribution is 2.10. The van der Waals surface area contributed by atoms with Crippen LogP contribution in [0.1, 0.15) is 26.7 Å². The molecular formula is C11H19NO4. The Morgan fingerprint density at radius 3 is 2.75 bits per heavy atom. The van der Waals surface area contributed by atoms with Gasteiger partial charge < -0.3 is 14.7 Å². The molecule has 1 fully saturated rings. The number of hydrogen-bond donors (Lipinski definition) is 1. The molecule has 1 rings (SSSR count). The molecule has 1 amide bonds. The van der Waals surface area contributed by atoms with Crippen molar-refractivity contribution in [3.63, 3.8) is 0 Å². The van der Waals surface area contributed by atoms with Crippen LogP contribution in [0, 0.1) is 5.92 Å². The van der Waals surface area contributed by atoms with E-state index in [4.69, 9.17) is 9.84 Å². The number of carboxylic acid groups (broad SMARTS) is 1. The molecule has 0 radical (unpaired) electrons. The molecule has 5 nitrogen and oxygen atoms in total. The molecule has 0 spiro atoms. The molecule has 5 heteroatoms. The second-order valence-electron chi connectivity index (χ2n) is 4.47. The summed E-state index contributed by atoms with van der Waals surface area (Å²) in [7, 11) is 0. The van der Waals surface area contributed by atoms with Crippen molar-refractivity contribution in [2.75, 3.05) is 19.7 Å². The average molecular weight is 229 g/mol. The van der Waals surface area contributed by atoms with Crippen LogP contribution in [0.25, 0.3) is 0 Å². The van der Waals surface area contributed by atoms with Crippen LogP contribution in [0.15, 0.2) is 0 Å². The van der Waals surface area contributed by atoms with Crippen LogP contribution < -0.4 is 0 Å². The summed E-state index contributed by atoms with van der Waals surface area (Å²) < 4.78 is 5.05. The molecular weight excluding hydrogens is 210 g/mol. The van der Waals surface area contributed by atoms with E-state index in [0.29, 0.717) is 25.5 Å². The van der Waals surface area contributed by atoms with Gasteiger partial charge in [-0.3, -0.25) is 4.79 Å². The summed E-state index contributed by atoms with van der Waals surface area (Å²) in [6.07, 6.45) is 0.467. The maximum absolute atomic E-state index is 11.7. The van der Waals surface area contributed by atoms with Crippen LogP contribution in [0.2, 0.25) is 0 Å². The molecule has 0 aliphatic carbocycles. The smallest absolute Gasteiger partial charge is 0.334 e. The van der Waals surface area contributed by atoms with Gasteiger partial charge in [0.15, 0.2) is 6.10 Å². The molecule has 1 aliphatic heterocycles.